The van der Waals surface area contributed by atoms with E-state index in [0.717, 1.165) is 18.7 Å². The Kier molecular flexibility index (Phi) is 3.25. The molecule has 2 rings (SSSR count). The number of rotatable bonds is 3. The van der Waals surface area contributed by atoms with E-state index in [-0.39, 0.29) is 5.91 Å². The van der Waals surface area contributed by atoms with Gasteiger partial charge in [0.15, 0.2) is 0 Å². The molecule has 3 heteroatoms. The molecule has 3 nitrogen and oxygen atoms in total. The Morgan fingerprint density at radius 3 is 3.00 bits per heavy atom. The van der Waals surface area contributed by atoms with Crippen LogP contribution in [0.4, 0.5) is 5.69 Å². The summed E-state index contributed by atoms with van der Waals surface area (Å²) in [6.45, 7) is 2.49. The van der Waals surface area contributed by atoms with Gasteiger partial charge in [0.05, 0.1) is 6.10 Å². The number of hydrogen-bond acceptors (Lipinski definition) is 2. The summed E-state index contributed by atoms with van der Waals surface area (Å²) < 4.78 is 0. The van der Waals surface area contributed by atoms with E-state index in [1.54, 1.807) is 6.92 Å². The molecule has 1 heterocycles. The van der Waals surface area contributed by atoms with Gasteiger partial charge in [-0.1, -0.05) is 18.2 Å². The minimum absolute atomic E-state index is 0.117. The quantitative estimate of drug-likeness (QED) is 0.841. The van der Waals surface area contributed by atoms with E-state index < -0.39 is 6.10 Å². The largest absolute Gasteiger partial charge is 0.393 e. The predicted octanol–water partition coefficient (Wildman–Crippen LogP) is 1.74. The van der Waals surface area contributed by atoms with Crippen LogP contribution in [0.5, 0.6) is 0 Å². The van der Waals surface area contributed by atoms with Crippen molar-refractivity contribution in [3.63, 3.8) is 0 Å². The second-order valence-electron chi connectivity index (χ2n) is 4.31. The zero-order chi connectivity index (χ0) is 11.5. The number of carbonyl (C=O) groups is 1. The molecule has 1 N–H and O–H groups in total. The number of amides is 1. The second kappa shape index (κ2) is 4.66. The molecule has 1 unspecified atom stereocenters. The SMILES string of the molecule is CC(O)CCC(=O)N1CCc2ccccc21. The van der Waals surface area contributed by atoms with Crippen LogP contribution >= 0.6 is 0 Å². The highest BCUT2D eigenvalue weighted by atomic mass is 16.3. The van der Waals surface area contributed by atoms with E-state index in [1.807, 2.05) is 23.1 Å². The van der Waals surface area contributed by atoms with Gasteiger partial charge in [0, 0.05) is 18.7 Å². The van der Waals surface area contributed by atoms with E-state index in [4.69, 9.17) is 5.11 Å². The van der Waals surface area contributed by atoms with Crippen molar-refractivity contribution in [1.82, 2.24) is 0 Å². The van der Waals surface area contributed by atoms with Gasteiger partial charge in [-0.2, -0.15) is 0 Å². The van der Waals surface area contributed by atoms with Gasteiger partial charge in [-0.15, -0.1) is 0 Å². The topological polar surface area (TPSA) is 40.5 Å². The summed E-state index contributed by atoms with van der Waals surface area (Å²) in [5.74, 6) is 0.117. The Hall–Kier alpha value is -1.35. The third kappa shape index (κ3) is 2.25. The van der Waals surface area contributed by atoms with Gasteiger partial charge in [0.1, 0.15) is 0 Å². The third-order valence-electron chi connectivity index (χ3n) is 2.96. The highest BCUT2D eigenvalue weighted by molar-refractivity contribution is 5.95. The molecule has 1 atom stereocenters. The molecule has 1 amide bonds. The summed E-state index contributed by atoms with van der Waals surface area (Å²) in [4.78, 5) is 13.8. The van der Waals surface area contributed by atoms with Crippen LogP contribution in [0.15, 0.2) is 24.3 Å². The van der Waals surface area contributed by atoms with Crippen LogP contribution in [0.1, 0.15) is 25.3 Å². The maximum absolute atomic E-state index is 11.9. The van der Waals surface area contributed by atoms with E-state index in [9.17, 15) is 4.79 Å². The van der Waals surface area contributed by atoms with Crippen LogP contribution in [-0.2, 0) is 11.2 Å². The number of aliphatic hydroxyl groups is 1. The van der Waals surface area contributed by atoms with Gasteiger partial charge in [0.2, 0.25) is 5.91 Å². The van der Waals surface area contributed by atoms with Crippen LogP contribution in [0.3, 0.4) is 0 Å². The number of hydrogen-bond donors (Lipinski definition) is 1. The summed E-state index contributed by atoms with van der Waals surface area (Å²) in [6, 6.07) is 8.02. The lowest BCUT2D eigenvalue weighted by Crippen LogP contribution is -2.29. The number of carbonyl (C=O) groups excluding carboxylic acids is 1. The van der Waals surface area contributed by atoms with E-state index in [2.05, 4.69) is 6.07 Å². The number of para-hydroxylation sites is 1. The molecule has 16 heavy (non-hydrogen) atoms. The zero-order valence-electron chi connectivity index (χ0n) is 9.52. The summed E-state index contributed by atoms with van der Waals surface area (Å²) in [5.41, 5.74) is 2.28. The minimum Gasteiger partial charge on any atom is -0.393 e. The maximum Gasteiger partial charge on any atom is 0.227 e. The van der Waals surface area contributed by atoms with Gasteiger partial charge < -0.3 is 10.0 Å². The molecule has 0 bridgehead atoms. The highest BCUT2D eigenvalue weighted by Gasteiger charge is 2.23. The number of nitrogens with zero attached hydrogens (tertiary/aromatic N) is 1. The van der Waals surface area contributed by atoms with Crippen molar-refractivity contribution >= 4 is 11.6 Å². The van der Waals surface area contributed by atoms with E-state index in [0.29, 0.717) is 12.8 Å². The highest BCUT2D eigenvalue weighted by Crippen LogP contribution is 2.28. The maximum atomic E-state index is 11.9. The molecule has 0 fully saturated rings. The van der Waals surface area contributed by atoms with Crippen molar-refractivity contribution in [3.8, 4) is 0 Å². The van der Waals surface area contributed by atoms with Crippen LogP contribution < -0.4 is 4.90 Å². The number of fused-ring (bicyclic) bond motifs is 1. The van der Waals surface area contributed by atoms with Crippen molar-refractivity contribution in [3.05, 3.63) is 29.8 Å². The Morgan fingerprint density at radius 2 is 2.25 bits per heavy atom. The molecule has 0 saturated carbocycles. The number of aliphatic hydroxyl groups excluding tert-OH is 1. The lowest BCUT2D eigenvalue weighted by molar-refractivity contribution is -0.119. The fraction of sp³-hybridized carbons (Fsp3) is 0.462. The van der Waals surface area contributed by atoms with Crippen LogP contribution in [0.2, 0.25) is 0 Å². The van der Waals surface area contributed by atoms with Crippen molar-refractivity contribution in [2.24, 2.45) is 0 Å². The fourth-order valence-corrected chi connectivity index (χ4v) is 2.06. The third-order valence-corrected chi connectivity index (χ3v) is 2.96. The van der Waals surface area contributed by atoms with E-state index in [1.165, 1.54) is 5.56 Å². The Morgan fingerprint density at radius 1 is 1.50 bits per heavy atom. The minimum atomic E-state index is -0.401. The molecule has 0 saturated heterocycles. The molecule has 0 aliphatic carbocycles. The standard InChI is InChI=1S/C13H17NO2/c1-10(15)6-7-13(16)14-9-8-11-4-2-3-5-12(11)14/h2-5,10,15H,6-9H2,1H3. The summed E-state index contributed by atoms with van der Waals surface area (Å²) in [5, 5.41) is 9.17. The fourth-order valence-electron chi connectivity index (χ4n) is 2.06. The second-order valence-corrected chi connectivity index (χ2v) is 4.31. The molecule has 0 aromatic heterocycles. The summed E-state index contributed by atoms with van der Waals surface area (Å²) in [6.07, 6.45) is 1.50. The smallest absolute Gasteiger partial charge is 0.227 e. The molecular weight excluding hydrogens is 202 g/mol. The lowest BCUT2D eigenvalue weighted by atomic mass is 10.1. The Balaban J connectivity index is 2.04. The Bertz CT molecular complexity index is 387. The van der Waals surface area contributed by atoms with Gasteiger partial charge in [-0.3, -0.25) is 4.79 Å². The van der Waals surface area contributed by atoms with Gasteiger partial charge in [-0.05, 0) is 31.4 Å². The van der Waals surface area contributed by atoms with Crippen LogP contribution in [-0.4, -0.2) is 23.7 Å². The van der Waals surface area contributed by atoms with Crippen molar-refractivity contribution < 1.29 is 9.90 Å². The van der Waals surface area contributed by atoms with Crippen molar-refractivity contribution in [1.29, 1.82) is 0 Å². The lowest BCUT2D eigenvalue weighted by Gasteiger charge is -2.17. The monoisotopic (exact) mass is 219 g/mol. The van der Waals surface area contributed by atoms with Crippen LogP contribution in [0.25, 0.3) is 0 Å². The predicted molar refractivity (Wildman–Crippen MR) is 63.4 cm³/mol. The molecule has 86 valence electrons. The van der Waals surface area contributed by atoms with Gasteiger partial charge in [0.25, 0.3) is 0 Å². The average Bonchev–Trinajstić information content (AvgIpc) is 2.69. The van der Waals surface area contributed by atoms with Gasteiger partial charge >= 0.3 is 0 Å². The zero-order valence-corrected chi connectivity index (χ0v) is 9.52. The first-order chi connectivity index (χ1) is 7.68. The first kappa shape index (κ1) is 11.1. The van der Waals surface area contributed by atoms with Crippen molar-refractivity contribution in [2.75, 3.05) is 11.4 Å². The van der Waals surface area contributed by atoms with Crippen LogP contribution in [0, 0.1) is 0 Å². The molecular formula is C13H17NO2. The summed E-state index contributed by atoms with van der Waals surface area (Å²) >= 11 is 0. The Labute approximate surface area is 95.7 Å². The normalized spacial score (nSPS) is 16.0. The molecule has 0 radical (unpaired) electrons. The summed E-state index contributed by atoms with van der Waals surface area (Å²) in [7, 11) is 0. The molecule has 0 spiro atoms. The molecule has 1 aliphatic rings. The number of anilines is 1. The molecule has 1 aromatic carbocycles. The van der Waals surface area contributed by atoms with Crippen molar-refractivity contribution in [2.45, 2.75) is 32.3 Å². The first-order valence-electron chi connectivity index (χ1n) is 5.75. The number of benzene rings is 1. The molecule has 1 aliphatic heterocycles. The first-order valence-corrected chi connectivity index (χ1v) is 5.75. The molecule has 1 aromatic rings. The van der Waals surface area contributed by atoms with Gasteiger partial charge in [-0.25, -0.2) is 0 Å². The van der Waals surface area contributed by atoms with E-state index >= 15 is 0 Å². The average molecular weight is 219 g/mol.